The van der Waals surface area contributed by atoms with Crippen LogP contribution in [0, 0.1) is 3.57 Å². The first-order chi connectivity index (χ1) is 7.27. The molecular weight excluding hydrogens is 369 g/mol. The normalized spacial score (nSPS) is 10.3. The van der Waals surface area contributed by atoms with Crippen LogP contribution >= 0.6 is 38.5 Å². The largest absolute Gasteiger partial charge is 0.340 e. The second kappa shape index (κ2) is 7.38. The van der Waals surface area contributed by atoms with Gasteiger partial charge < -0.3 is 4.90 Å². The molecule has 3 nitrogen and oxygen atoms in total. The Labute approximate surface area is 113 Å². The molecule has 15 heavy (non-hydrogen) atoms. The maximum Gasteiger partial charge on any atom is 0.225 e. The number of alkyl halides is 1. The van der Waals surface area contributed by atoms with Gasteiger partial charge in [-0.3, -0.25) is 0 Å². The van der Waals surface area contributed by atoms with Gasteiger partial charge >= 0.3 is 0 Å². The van der Waals surface area contributed by atoms with E-state index >= 15 is 0 Å². The SMILES string of the molecule is CCCCN(CCBr)c1ncc(I)cn1. The molecule has 0 fully saturated rings. The highest BCUT2D eigenvalue weighted by Crippen LogP contribution is 2.10. The fourth-order valence-electron chi connectivity index (χ4n) is 1.23. The van der Waals surface area contributed by atoms with E-state index in [2.05, 4.69) is 60.3 Å². The van der Waals surface area contributed by atoms with Gasteiger partial charge in [-0.05, 0) is 29.0 Å². The second-order valence-electron chi connectivity index (χ2n) is 3.23. The summed E-state index contributed by atoms with van der Waals surface area (Å²) in [5.41, 5.74) is 0. The summed E-state index contributed by atoms with van der Waals surface area (Å²) >= 11 is 5.67. The molecule has 0 atom stereocenters. The average molecular weight is 384 g/mol. The van der Waals surface area contributed by atoms with Crippen molar-refractivity contribution in [2.45, 2.75) is 19.8 Å². The van der Waals surface area contributed by atoms with Crippen LogP contribution in [0.3, 0.4) is 0 Å². The van der Waals surface area contributed by atoms with Gasteiger partial charge in [0.05, 0.1) is 0 Å². The van der Waals surface area contributed by atoms with Crippen LogP contribution in [-0.2, 0) is 0 Å². The number of nitrogens with zero attached hydrogens (tertiary/aromatic N) is 3. The van der Waals surface area contributed by atoms with Crippen molar-refractivity contribution >= 4 is 44.5 Å². The third-order valence-corrected chi connectivity index (χ3v) is 2.94. The zero-order chi connectivity index (χ0) is 11.1. The Morgan fingerprint density at radius 3 is 2.53 bits per heavy atom. The summed E-state index contributed by atoms with van der Waals surface area (Å²) in [7, 11) is 0. The quantitative estimate of drug-likeness (QED) is 0.558. The van der Waals surface area contributed by atoms with Crippen molar-refractivity contribution in [1.29, 1.82) is 0 Å². The molecule has 0 amide bonds. The Kier molecular flexibility index (Phi) is 6.47. The molecule has 0 aromatic carbocycles. The summed E-state index contributed by atoms with van der Waals surface area (Å²) in [5, 5.41) is 0.950. The Hall–Kier alpha value is 0.0900. The fourth-order valence-corrected chi connectivity index (χ4v) is 1.94. The zero-order valence-corrected chi connectivity index (χ0v) is 12.5. The van der Waals surface area contributed by atoms with Crippen LogP contribution < -0.4 is 4.90 Å². The summed E-state index contributed by atoms with van der Waals surface area (Å²) in [6, 6.07) is 0. The number of hydrogen-bond acceptors (Lipinski definition) is 3. The molecule has 0 N–H and O–H groups in total. The Morgan fingerprint density at radius 2 is 2.00 bits per heavy atom. The fraction of sp³-hybridized carbons (Fsp3) is 0.600. The number of rotatable bonds is 6. The monoisotopic (exact) mass is 383 g/mol. The minimum Gasteiger partial charge on any atom is -0.340 e. The molecule has 1 aromatic heterocycles. The number of aromatic nitrogens is 2. The number of anilines is 1. The van der Waals surface area contributed by atoms with Crippen LogP contribution in [0.15, 0.2) is 12.4 Å². The molecule has 1 rings (SSSR count). The van der Waals surface area contributed by atoms with Crippen LogP contribution in [0.2, 0.25) is 0 Å². The van der Waals surface area contributed by atoms with Crippen molar-refractivity contribution in [2.24, 2.45) is 0 Å². The van der Waals surface area contributed by atoms with E-state index in [1.807, 2.05) is 12.4 Å². The Balaban J connectivity index is 2.65. The van der Waals surface area contributed by atoms with Crippen molar-refractivity contribution in [1.82, 2.24) is 9.97 Å². The van der Waals surface area contributed by atoms with Gasteiger partial charge in [0.2, 0.25) is 5.95 Å². The van der Waals surface area contributed by atoms with Crippen molar-refractivity contribution in [3.8, 4) is 0 Å². The molecule has 0 aliphatic heterocycles. The number of halogens is 2. The van der Waals surface area contributed by atoms with Crippen LogP contribution in [0.25, 0.3) is 0 Å². The first-order valence-corrected chi connectivity index (χ1v) is 7.26. The lowest BCUT2D eigenvalue weighted by atomic mass is 10.3. The van der Waals surface area contributed by atoms with Gasteiger partial charge in [0.15, 0.2) is 0 Å². The predicted octanol–water partition coefficient (Wildman–Crippen LogP) is 3.08. The van der Waals surface area contributed by atoms with E-state index in [1.165, 1.54) is 12.8 Å². The predicted molar refractivity (Wildman–Crippen MR) is 75.7 cm³/mol. The van der Waals surface area contributed by atoms with Gasteiger partial charge in [-0.25, -0.2) is 9.97 Å². The highest BCUT2D eigenvalue weighted by atomic mass is 127. The van der Waals surface area contributed by atoms with E-state index in [-0.39, 0.29) is 0 Å². The lowest BCUT2D eigenvalue weighted by Gasteiger charge is -2.20. The zero-order valence-electron chi connectivity index (χ0n) is 8.79. The van der Waals surface area contributed by atoms with E-state index in [1.54, 1.807) is 0 Å². The molecule has 0 bridgehead atoms. The van der Waals surface area contributed by atoms with Gasteiger partial charge in [-0.2, -0.15) is 0 Å². The van der Waals surface area contributed by atoms with Crippen molar-refractivity contribution < 1.29 is 0 Å². The highest BCUT2D eigenvalue weighted by Gasteiger charge is 2.07. The minimum absolute atomic E-state index is 0.836. The minimum atomic E-state index is 0.836. The Bertz CT molecular complexity index is 279. The van der Waals surface area contributed by atoms with Crippen LogP contribution in [-0.4, -0.2) is 28.4 Å². The van der Waals surface area contributed by atoms with Crippen LogP contribution in [0.1, 0.15) is 19.8 Å². The number of hydrogen-bond donors (Lipinski definition) is 0. The lowest BCUT2D eigenvalue weighted by molar-refractivity contribution is 0.717. The summed E-state index contributed by atoms with van der Waals surface area (Å²) in [5.74, 6) is 0.836. The van der Waals surface area contributed by atoms with Gasteiger partial charge in [0.1, 0.15) is 0 Å². The van der Waals surface area contributed by atoms with Gasteiger partial charge in [0.25, 0.3) is 0 Å². The molecule has 1 heterocycles. The van der Waals surface area contributed by atoms with E-state index in [0.29, 0.717) is 0 Å². The molecule has 1 aromatic rings. The first kappa shape index (κ1) is 13.2. The standard InChI is InChI=1S/C10H15BrIN3/c1-2-3-5-15(6-4-11)10-13-7-9(12)8-14-10/h7-8H,2-6H2,1H3. The first-order valence-electron chi connectivity index (χ1n) is 5.06. The molecule has 0 radical (unpaired) electrons. The molecule has 0 aliphatic carbocycles. The van der Waals surface area contributed by atoms with E-state index in [0.717, 1.165) is 27.9 Å². The van der Waals surface area contributed by atoms with Crippen LogP contribution in [0.4, 0.5) is 5.95 Å². The smallest absolute Gasteiger partial charge is 0.225 e. The summed E-state index contributed by atoms with van der Waals surface area (Å²) < 4.78 is 1.07. The maximum atomic E-state index is 4.34. The van der Waals surface area contributed by atoms with Gasteiger partial charge in [-0.15, -0.1) is 0 Å². The highest BCUT2D eigenvalue weighted by molar-refractivity contribution is 14.1. The molecule has 0 saturated carbocycles. The molecule has 0 aliphatic rings. The van der Waals surface area contributed by atoms with Crippen molar-refractivity contribution in [3.63, 3.8) is 0 Å². The number of unbranched alkanes of at least 4 members (excludes halogenated alkanes) is 1. The van der Waals surface area contributed by atoms with Crippen molar-refractivity contribution in [3.05, 3.63) is 16.0 Å². The maximum absolute atomic E-state index is 4.34. The lowest BCUT2D eigenvalue weighted by Crippen LogP contribution is -2.28. The third kappa shape index (κ3) is 4.63. The van der Waals surface area contributed by atoms with E-state index in [9.17, 15) is 0 Å². The third-order valence-electron chi connectivity index (χ3n) is 2.03. The molecule has 5 heteroatoms. The molecule has 0 saturated heterocycles. The van der Waals surface area contributed by atoms with Gasteiger partial charge in [-0.1, -0.05) is 29.3 Å². The summed E-state index contributed by atoms with van der Waals surface area (Å²) in [4.78, 5) is 10.9. The van der Waals surface area contributed by atoms with E-state index in [4.69, 9.17) is 0 Å². The molecule has 0 spiro atoms. The average Bonchev–Trinajstić information content (AvgIpc) is 2.25. The van der Waals surface area contributed by atoms with E-state index < -0.39 is 0 Å². The van der Waals surface area contributed by atoms with Crippen molar-refractivity contribution in [2.75, 3.05) is 23.3 Å². The molecule has 84 valence electrons. The topological polar surface area (TPSA) is 29.0 Å². The van der Waals surface area contributed by atoms with Crippen LogP contribution in [0.5, 0.6) is 0 Å². The summed E-state index contributed by atoms with van der Waals surface area (Å²) in [6.45, 7) is 4.18. The van der Waals surface area contributed by atoms with Gasteiger partial charge in [0, 0.05) is 34.4 Å². The summed E-state index contributed by atoms with van der Waals surface area (Å²) in [6.07, 6.45) is 6.09. The second-order valence-corrected chi connectivity index (χ2v) is 5.27. The molecular formula is C10H15BrIN3. The molecule has 0 unspecified atom stereocenters. The Morgan fingerprint density at radius 1 is 1.33 bits per heavy atom.